The van der Waals surface area contributed by atoms with Crippen LogP contribution in [0.25, 0.3) is 0 Å². The van der Waals surface area contributed by atoms with Gasteiger partial charge in [0.25, 0.3) is 0 Å². The summed E-state index contributed by atoms with van der Waals surface area (Å²) in [5.74, 6) is 1.54. The summed E-state index contributed by atoms with van der Waals surface area (Å²) in [6, 6.07) is 8.77. The van der Waals surface area contributed by atoms with Gasteiger partial charge in [-0.15, -0.1) is 0 Å². The summed E-state index contributed by atoms with van der Waals surface area (Å²) in [4.78, 5) is 0. The van der Waals surface area contributed by atoms with Gasteiger partial charge in [0, 0.05) is 24.1 Å². The largest absolute Gasteiger partial charge is 0.493 e. The van der Waals surface area contributed by atoms with Crippen molar-refractivity contribution in [2.45, 2.75) is 45.8 Å². The second-order valence-corrected chi connectivity index (χ2v) is 5.88. The van der Waals surface area contributed by atoms with E-state index in [1.54, 1.807) is 0 Å². The molecule has 2 atom stereocenters. The number of nitrogens with one attached hydrogen (secondary N) is 1. The van der Waals surface area contributed by atoms with E-state index in [1.807, 2.05) is 6.07 Å². The molecule has 0 saturated heterocycles. The first-order chi connectivity index (χ1) is 9.68. The first-order valence-electron chi connectivity index (χ1n) is 7.75. The van der Waals surface area contributed by atoms with E-state index in [4.69, 9.17) is 9.47 Å². The molecule has 3 heteroatoms. The number of ether oxygens (including phenoxy) is 2. The number of benzene rings is 1. The van der Waals surface area contributed by atoms with Gasteiger partial charge in [0.1, 0.15) is 5.75 Å². The molecule has 0 bridgehead atoms. The lowest BCUT2D eigenvalue weighted by Crippen LogP contribution is -2.34. The standard InChI is InChI=1S/C17H27NO2/c1-13(2)19-11-7-6-10-18-17-14(3)12-20-16-9-5-4-8-15(16)17/h4-5,8-9,13-14,17-18H,6-7,10-12H2,1-3H3. The number of para-hydroxylation sites is 1. The van der Waals surface area contributed by atoms with Crippen molar-refractivity contribution in [2.24, 2.45) is 5.92 Å². The molecule has 0 radical (unpaired) electrons. The molecule has 0 fully saturated rings. The SMILES string of the molecule is CC(C)OCCCCNC1c2ccccc2OCC1C. The predicted molar refractivity (Wildman–Crippen MR) is 82.2 cm³/mol. The third kappa shape index (κ3) is 4.22. The minimum absolute atomic E-state index is 0.338. The van der Waals surface area contributed by atoms with Gasteiger partial charge in [-0.1, -0.05) is 25.1 Å². The molecule has 0 aromatic heterocycles. The Kier molecular flexibility index (Phi) is 5.86. The molecule has 3 nitrogen and oxygen atoms in total. The molecule has 0 saturated carbocycles. The predicted octanol–water partition coefficient (Wildman–Crippen LogP) is 3.55. The number of rotatable bonds is 7. The van der Waals surface area contributed by atoms with Crippen LogP contribution in [-0.4, -0.2) is 25.9 Å². The van der Waals surface area contributed by atoms with Crippen LogP contribution in [0.15, 0.2) is 24.3 Å². The van der Waals surface area contributed by atoms with E-state index < -0.39 is 0 Å². The molecular formula is C17H27NO2. The molecule has 1 aliphatic heterocycles. The zero-order chi connectivity index (χ0) is 14.4. The van der Waals surface area contributed by atoms with Gasteiger partial charge in [0.2, 0.25) is 0 Å². The second kappa shape index (κ2) is 7.65. The maximum atomic E-state index is 5.78. The van der Waals surface area contributed by atoms with E-state index in [0.29, 0.717) is 18.1 Å². The summed E-state index contributed by atoms with van der Waals surface area (Å²) in [7, 11) is 0. The zero-order valence-corrected chi connectivity index (χ0v) is 12.9. The van der Waals surface area contributed by atoms with Gasteiger partial charge in [-0.05, 0) is 39.3 Å². The fourth-order valence-electron chi connectivity index (χ4n) is 2.61. The number of hydrogen-bond donors (Lipinski definition) is 1. The number of unbranched alkanes of at least 4 members (excludes halogenated alkanes) is 1. The topological polar surface area (TPSA) is 30.5 Å². The Hall–Kier alpha value is -1.06. The minimum atomic E-state index is 0.338. The quantitative estimate of drug-likeness (QED) is 0.773. The minimum Gasteiger partial charge on any atom is -0.493 e. The van der Waals surface area contributed by atoms with Gasteiger partial charge in [0.15, 0.2) is 0 Å². The molecule has 1 heterocycles. The Morgan fingerprint density at radius 2 is 2.10 bits per heavy atom. The molecule has 0 spiro atoms. The van der Waals surface area contributed by atoms with E-state index in [2.05, 4.69) is 44.3 Å². The van der Waals surface area contributed by atoms with Gasteiger partial charge < -0.3 is 14.8 Å². The molecule has 0 aliphatic carbocycles. The van der Waals surface area contributed by atoms with Crippen LogP contribution in [0.2, 0.25) is 0 Å². The van der Waals surface area contributed by atoms with Crippen LogP contribution in [0.5, 0.6) is 5.75 Å². The van der Waals surface area contributed by atoms with Crippen molar-refractivity contribution in [3.63, 3.8) is 0 Å². The fraction of sp³-hybridized carbons (Fsp3) is 0.647. The zero-order valence-electron chi connectivity index (χ0n) is 12.9. The van der Waals surface area contributed by atoms with Crippen molar-refractivity contribution < 1.29 is 9.47 Å². The highest BCUT2D eigenvalue weighted by Crippen LogP contribution is 2.34. The summed E-state index contributed by atoms with van der Waals surface area (Å²) < 4.78 is 11.3. The lowest BCUT2D eigenvalue weighted by atomic mass is 9.92. The summed E-state index contributed by atoms with van der Waals surface area (Å²) >= 11 is 0. The summed E-state index contributed by atoms with van der Waals surface area (Å²) in [5.41, 5.74) is 1.30. The molecule has 2 unspecified atom stereocenters. The van der Waals surface area contributed by atoms with Crippen molar-refractivity contribution in [3.8, 4) is 5.75 Å². The Morgan fingerprint density at radius 1 is 1.30 bits per heavy atom. The van der Waals surface area contributed by atoms with Crippen LogP contribution in [0.3, 0.4) is 0 Å². The average Bonchev–Trinajstić information content (AvgIpc) is 2.44. The van der Waals surface area contributed by atoms with Gasteiger partial charge in [-0.25, -0.2) is 0 Å². The maximum absolute atomic E-state index is 5.78. The molecule has 1 aromatic carbocycles. The molecule has 1 aromatic rings. The van der Waals surface area contributed by atoms with Gasteiger partial charge in [-0.3, -0.25) is 0 Å². The van der Waals surface area contributed by atoms with E-state index in [9.17, 15) is 0 Å². The Balaban J connectivity index is 1.77. The Labute approximate surface area is 122 Å². The lowest BCUT2D eigenvalue weighted by molar-refractivity contribution is 0.0757. The smallest absolute Gasteiger partial charge is 0.124 e. The number of fused-ring (bicyclic) bond motifs is 1. The van der Waals surface area contributed by atoms with Crippen LogP contribution in [0.4, 0.5) is 0 Å². The Morgan fingerprint density at radius 3 is 2.90 bits per heavy atom. The van der Waals surface area contributed by atoms with Crippen molar-refractivity contribution in [2.75, 3.05) is 19.8 Å². The van der Waals surface area contributed by atoms with E-state index in [0.717, 1.165) is 38.3 Å². The van der Waals surface area contributed by atoms with Gasteiger partial charge in [-0.2, -0.15) is 0 Å². The Bertz CT molecular complexity index is 406. The highest BCUT2D eigenvalue weighted by molar-refractivity contribution is 5.37. The first kappa shape index (κ1) is 15.3. The molecule has 112 valence electrons. The third-order valence-electron chi connectivity index (χ3n) is 3.71. The molecular weight excluding hydrogens is 250 g/mol. The highest BCUT2D eigenvalue weighted by Gasteiger charge is 2.26. The van der Waals surface area contributed by atoms with Crippen molar-refractivity contribution in [1.29, 1.82) is 0 Å². The molecule has 1 N–H and O–H groups in total. The van der Waals surface area contributed by atoms with Crippen molar-refractivity contribution in [3.05, 3.63) is 29.8 Å². The highest BCUT2D eigenvalue weighted by atomic mass is 16.5. The fourth-order valence-corrected chi connectivity index (χ4v) is 2.61. The molecule has 20 heavy (non-hydrogen) atoms. The van der Waals surface area contributed by atoms with Crippen molar-refractivity contribution >= 4 is 0 Å². The molecule has 1 aliphatic rings. The summed E-state index contributed by atoms with van der Waals surface area (Å²) in [6.07, 6.45) is 2.61. The second-order valence-electron chi connectivity index (χ2n) is 5.88. The number of hydrogen-bond acceptors (Lipinski definition) is 3. The van der Waals surface area contributed by atoms with Crippen LogP contribution >= 0.6 is 0 Å². The van der Waals surface area contributed by atoms with E-state index in [1.165, 1.54) is 5.56 Å². The molecule has 2 rings (SSSR count). The van der Waals surface area contributed by atoms with Gasteiger partial charge >= 0.3 is 0 Å². The maximum Gasteiger partial charge on any atom is 0.124 e. The van der Waals surface area contributed by atoms with Crippen molar-refractivity contribution in [1.82, 2.24) is 5.32 Å². The van der Waals surface area contributed by atoms with Gasteiger partial charge in [0.05, 0.1) is 12.7 Å². The summed E-state index contributed by atoms with van der Waals surface area (Å²) in [5, 5.41) is 3.68. The first-order valence-corrected chi connectivity index (χ1v) is 7.75. The van der Waals surface area contributed by atoms with E-state index >= 15 is 0 Å². The normalized spacial score (nSPS) is 21.6. The third-order valence-corrected chi connectivity index (χ3v) is 3.71. The van der Waals surface area contributed by atoms with Crippen LogP contribution in [-0.2, 0) is 4.74 Å². The lowest BCUT2D eigenvalue weighted by Gasteiger charge is -2.32. The van der Waals surface area contributed by atoms with Crippen LogP contribution < -0.4 is 10.1 Å². The van der Waals surface area contributed by atoms with Crippen LogP contribution in [0, 0.1) is 5.92 Å². The molecule has 0 amide bonds. The average molecular weight is 277 g/mol. The van der Waals surface area contributed by atoms with E-state index in [-0.39, 0.29) is 0 Å². The summed E-state index contributed by atoms with van der Waals surface area (Å²) in [6.45, 7) is 9.10. The van der Waals surface area contributed by atoms with Crippen LogP contribution in [0.1, 0.15) is 45.2 Å². The monoisotopic (exact) mass is 277 g/mol.